The lowest BCUT2D eigenvalue weighted by Crippen LogP contribution is -2.56. The molecule has 160 valence electrons. The molecule has 0 saturated heterocycles. The summed E-state index contributed by atoms with van der Waals surface area (Å²) in [4.78, 5) is 47.9. The molecule has 0 aliphatic heterocycles. The Morgan fingerprint density at radius 1 is 0.857 bits per heavy atom. The first-order valence-corrected chi connectivity index (χ1v) is 9.20. The highest BCUT2D eigenvalue weighted by molar-refractivity contribution is 5.93. The monoisotopic (exact) mass is 399 g/mol. The van der Waals surface area contributed by atoms with Crippen molar-refractivity contribution in [2.45, 2.75) is 71.6 Å². The smallest absolute Gasteiger partial charge is 0.243 e. The molecular weight excluding hydrogens is 366 g/mol. The quantitative estimate of drug-likeness (QED) is 0.123. The second kappa shape index (κ2) is 12.5. The molecule has 11 nitrogen and oxygen atoms in total. The van der Waals surface area contributed by atoms with Gasteiger partial charge in [-0.2, -0.15) is 0 Å². The number of carbonyl (C=O) groups is 4. The molecule has 11 heteroatoms. The second-order valence-electron chi connectivity index (χ2n) is 6.86. The molecule has 0 aromatic rings. The topological polar surface area (TPSA) is 178 Å². The Bertz CT molecular complexity index is 580. The van der Waals surface area contributed by atoms with Crippen molar-refractivity contribution in [2.75, 3.05) is 6.54 Å². The molecule has 28 heavy (non-hydrogen) atoms. The van der Waals surface area contributed by atoms with Gasteiger partial charge in [0, 0.05) is 19.5 Å². The van der Waals surface area contributed by atoms with Gasteiger partial charge in [-0.05, 0) is 40.5 Å². The molecule has 0 aromatic carbocycles. The summed E-state index contributed by atoms with van der Waals surface area (Å²) in [6.07, 6.45) is 0.697. The van der Waals surface area contributed by atoms with Gasteiger partial charge in [-0.1, -0.05) is 0 Å². The van der Waals surface area contributed by atoms with Gasteiger partial charge in [0.05, 0.1) is 0 Å². The molecule has 0 heterocycles. The van der Waals surface area contributed by atoms with Crippen LogP contribution >= 0.6 is 0 Å². The van der Waals surface area contributed by atoms with Crippen molar-refractivity contribution in [3.63, 3.8) is 0 Å². The van der Waals surface area contributed by atoms with E-state index in [-0.39, 0.29) is 30.2 Å². The fraction of sp³-hybridized carbons (Fsp3) is 0.706. The Labute approximate surface area is 165 Å². The van der Waals surface area contributed by atoms with Crippen LogP contribution in [0.25, 0.3) is 0 Å². The van der Waals surface area contributed by atoms with Gasteiger partial charge in [0.15, 0.2) is 5.96 Å². The number of guanidine groups is 1. The maximum atomic E-state index is 12.6. The van der Waals surface area contributed by atoms with Gasteiger partial charge in [-0.3, -0.25) is 24.6 Å². The summed E-state index contributed by atoms with van der Waals surface area (Å²) < 4.78 is 0. The van der Waals surface area contributed by atoms with E-state index in [1.165, 1.54) is 13.8 Å². The van der Waals surface area contributed by atoms with Crippen LogP contribution in [0.3, 0.4) is 0 Å². The second-order valence-corrected chi connectivity index (χ2v) is 6.86. The molecule has 0 saturated carbocycles. The fourth-order valence-electron chi connectivity index (χ4n) is 2.25. The van der Waals surface area contributed by atoms with Crippen LogP contribution in [0.2, 0.25) is 0 Å². The maximum absolute atomic E-state index is 12.6. The van der Waals surface area contributed by atoms with Crippen LogP contribution in [0.1, 0.15) is 47.5 Å². The van der Waals surface area contributed by atoms with Gasteiger partial charge >= 0.3 is 0 Å². The molecule has 0 spiro atoms. The Hall–Kier alpha value is -2.85. The highest BCUT2D eigenvalue weighted by atomic mass is 16.2. The van der Waals surface area contributed by atoms with Crippen LogP contribution in [0.5, 0.6) is 0 Å². The van der Waals surface area contributed by atoms with Crippen LogP contribution < -0.4 is 32.3 Å². The van der Waals surface area contributed by atoms with E-state index in [1.807, 2.05) is 0 Å². The molecule has 3 atom stereocenters. The highest BCUT2D eigenvalue weighted by Gasteiger charge is 2.26. The standard InChI is InChI=1S/C17H33N7O4/c1-9(2)21-14(26)11(4)23-16(28)13(7-6-8-20-17(18)19)24-15(27)10(3)22-12(5)25/h9-11,13H,6-8H2,1-5H3,(H,21,26)(H,22,25)(H,23,28)(H,24,27)(H4,18,19,20)/t10-,11-,13-/m0/s1. The number of hydrogen-bond acceptors (Lipinski definition) is 5. The van der Waals surface area contributed by atoms with Crippen molar-refractivity contribution in [1.29, 1.82) is 5.41 Å². The van der Waals surface area contributed by atoms with Crippen molar-refractivity contribution in [3.05, 3.63) is 0 Å². The van der Waals surface area contributed by atoms with Crippen LogP contribution in [-0.4, -0.2) is 60.3 Å². The van der Waals surface area contributed by atoms with E-state index >= 15 is 0 Å². The van der Waals surface area contributed by atoms with Crippen molar-refractivity contribution in [1.82, 2.24) is 26.6 Å². The van der Waals surface area contributed by atoms with E-state index in [9.17, 15) is 19.2 Å². The Morgan fingerprint density at radius 3 is 1.89 bits per heavy atom. The molecule has 0 aromatic heterocycles. The van der Waals surface area contributed by atoms with Crippen LogP contribution in [-0.2, 0) is 19.2 Å². The normalized spacial score (nSPS) is 13.6. The predicted octanol–water partition coefficient (Wildman–Crippen LogP) is -1.71. The van der Waals surface area contributed by atoms with Crippen LogP contribution in [0.4, 0.5) is 0 Å². The van der Waals surface area contributed by atoms with E-state index < -0.39 is 29.9 Å². The summed E-state index contributed by atoms with van der Waals surface area (Å²) in [6, 6.07) is -2.58. The minimum atomic E-state index is -0.910. The van der Waals surface area contributed by atoms with Crippen LogP contribution in [0.15, 0.2) is 0 Å². The predicted molar refractivity (Wildman–Crippen MR) is 105 cm³/mol. The molecule has 0 bridgehead atoms. The average molecular weight is 399 g/mol. The van der Waals surface area contributed by atoms with E-state index in [2.05, 4.69) is 26.6 Å². The molecule has 0 aliphatic rings. The number of amides is 4. The summed E-state index contributed by atoms with van der Waals surface area (Å²) >= 11 is 0. The highest BCUT2D eigenvalue weighted by Crippen LogP contribution is 2.00. The van der Waals surface area contributed by atoms with E-state index in [0.29, 0.717) is 13.0 Å². The summed E-state index contributed by atoms with van der Waals surface area (Å²) in [6.45, 7) is 8.30. The van der Waals surface area contributed by atoms with E-state index in [1.54, 1.807) is 20.8 Å². The summed E-state index contributed by atoms with van der Waals surface area (Å²) in [7, 11) is 0. The third-order valence-corrected chi connectivity index (χ3v) is 3.61. The lowest BCUT2D eigenvalue weighted by molar-refractivity contribution is -0.133. The minimum absolute atomic E-state index is 0.0708. The molecule has 0 aliphatic carbocycles. The van der Waals surface area contributed by atoms with Gasteiger partial charge in [-0.15, -0.1) is 0 Å². The summed E-state index contributed by atoms with van der Waals surface area (Å²) in [5, 5.41) is 20.1. The van der Waals surface area contributed by atoms with Crippen molar-refractivity contribution in [3.8, 4) is 0 Å². The summed E-state index contributed by atoms with van der Waals surface area (Å²) in [5.74, 6) is -1.93. The number of hydrogen-bond donors (Lipinski definition) is 7. The first-order valence-electron chi connectivity index (χ1n) is 9.20. The fourth-order valence-corrected chi connectivity index (χ4v) is 2.25. The first-order chi connectivity index (χ1) is 12.9. The third kappa shape index (κ3) is 11.0. The first kappa shape index (κ1) is 25.1. The Morgan fingerprint density at radius 2 is 1.39 bits per heavy atom. The van der Waals surface area contributed by atoms with Gasteiger partial charge in [0.25, 0.3) is 0 Å². The Kier molecular flexibility index (Phi) is 11.2. The van der Waals surface area contributed by atoms with Crippen molar-refractivity contribution in [2.24, 2.45) is 5.73 Å². The SMILES string of the molecule is CC(=O)N[C@@H](C)C(=O)N[C@@H](CCCNC(=N)N)C(=O)N[C@@H](C)C(=O)NC(C)C. The van der Waals surface area contributed by atoms with E-state index in [0.717, 1.165) is 0 Å². The molecule has 8 N–H and O–H groups in total. The summed E-state index contributed by atoms with van der Waals surface area (Å²) in [5.41, 5.74) is 5.21. The number of nitrogens with two attached hydrogens (primary N) is 1. The molecule has 0 radical (unpaired) electrons. The van der Waals surface area contributed by atoms with Gasteiger partial charge in [-0.25, -0.2) is 0 Å². The minimum Gasteiger partial charge on any atom is -0.370 e. The van der Waals surface area contributed by atoms with Crippen LogP contribution in [0, 0.1) is 5.41 Å². The molecule has 0 fully saturated rings. The zero-order valence-electron chi connectivity index (χ0n) is 17.1. The average Bonchev–Trinajstić information content (AvgIpc) is 2.55. The lowest BCUT2D eigenvalue weighted by Gasteiger charge is -2.23. The number of rotatable bonds is 11. The van der Waals surface area contributed by atoms with E-state index in [4.69, 9.17) is 11.1 Å². The third-order valence-electron chi connectivity index (χ3n) is 3.61. The lowest BCUT2D eigenvalue weighted by atomic mass is 10.1. The number of nitrogens with one attached hydrogen (secondary N) is 6. The molecule has 0 rings (SSSR count). The van der Waals surface area contributed by atoms with Gasteiger partial charge in [0.1, 0.15) is 18.1 Å². The van der Waals surface area contributed by atoms with Crippen molar-refractivity contribution >= 4 is 29.6 Å². The maximum Gasteiger partial charge on any atom is 0.243 e. The molecular formula is C17H33N7O4. The number of carbonyl (C=O) groups excluding carboxylic acids is 4. The van der Waals surface area contributed by atoms with Gasteiger partial charge in [0.2, 0.25) is 23.6 Å². The zero-order valence-corrected chi connectivity index (χ0v) is 17.1. The van der Waals surface area contributed by atoms with Crippen molar-refractivity contribution < 1.29 is 19.2 Å². The zero-order chi connectivity index (χ0) is 21.9. The van der Waals surface area contributed by atoms with Gasteiger partial charge < -0.3 is 32.3 Å². The largest absolute Gasteiger partial charge is 0.370 e. The molecule has 4 amide bonds. The Balaban J connectivity index is 4.96. The molecule has 0 unspecified atom stereocenters.